The van der Waals surface area contributed by atoms with Crippen molar-refractivity contribution in [3.05, 3.63) is 35.9 Å². The maximum absolute atomic E-state index is 13.5. The molecule has 0 unspecified atom stereocenters. The predicted molar refractivity (Wildman–Crippen MR) is 169 cm³/mol. The Labute approximate surface area is 268 Å². The molecule has 1 aliphatic rings. The Hall–Kier alpha value is -4.73. The van der Waals surface area contributed by atoms with Crippen LogP contribution in [0.3, 0.4) is 0 Å². The summed E-state index contributed by atoms with van der Waals surface area (Å²) < 4.78 is 0. The van der Waals surface area contributed by atoms with Crippen LogP contribution in [0.4, 0.5) is 0 Å². The Morgan fingerprint density at radius 1 is 0.935 bits per heavy atom. The fourth-order valence-corrected chi connectivity index (χ4v) is 4.97. The van der Waals surface area contributed by atoms with E-state index in [1.54, 1.807) is 44.2 Å². The maximum Gasteiger partial charge on any atom is 0.326 e. The number of aliphatic carboxylic acids is 1. The molecule has 16 heteroatoms. The number of guanidine groups is 1. The molecule has 1 saturated heterocycles. The summed E-state index contributed by atoms with van der Waals surface area (Å²) in [6, 6.07) is 3.15. The number of carboxylic acids is 1. The number of carbonyl (C=O) groups excluding carboxylic acids is 5. The molecule has 0 saturated carbocycles. The fraction of sp³-hybridized carbons (Fsp3) is 0.567. The number of carboxylic acid groups (broad SMARTS) is 1. The van der Waals surface area contributed by atoms with Gasteiger partial charge >= 0.3 is 5.97 Å². The van der Waals surface area contributed by atoms with Gasteiger partial charge in [-0.2, -0.15) is 0 Å². The van der Waals surface area contributed by atoms with Crippen LogP contribution in [0.25, 0.3) is 0 Å². The number of nitrogens with zero attached hydrogens (tertiary/aromatic N) is 2. The zero-order valence-electron chi connectivity index (χ0n) is 26.3. The quantitative estimate of drug-likeness (QED) is 0.0497. The van der Waals surface area contributed by atoms with Crippen molar-refractivity contribution < 1.29 is 33.9 Å². The molecule has 0 aromatic heterocycles. The molecule has 12 N–H and O–H groups in total. The number of aliphatic imine (C=N–C) groups is 1. The third kappa shape index (κ3) is 12.0. The third-order valence-corrected chi connectivity index (χ3v) is 7.63. The molecule has 5 atom stereocenters. The van der Waals surface area contributed by atoms with Crippen LogP contribution in [0.2, 0.25) is 0 Å². The van der Waals surface area contributed by atoms with Crippen LogP contribution in [0.1, 0.15) is 57.9 Å². The Kier molecular flexibility index (Phi) is 14.9. The van der Waals surface area contributed by atoms with Crippen LogP contribution in [0.15, 0.2) is 35.3 Å². The van der Waals surface area contributed by atoms with Gasteiger partial charge in [0, 0.05) is 25.9 Å². The SMILES string of the molecule is CC(C)[C@H](N)C(=O)N1CCC[C@H]1C(=O)N[C@@H](CCC(N)=O)C(=O)N[C@@H](CCCN=C(N)N)C(=O)N[C@@H](Cc1ccccc1)C(=O)O. The molecular formula is C30H47N9O7. The molecular weight excluding hydrogens is 598 g/mol. The lowest BCUT2D eigenvalue weighted by molar-refractivity contribution is -0.142. The number of benzene rings is 1. The van der Waals surface area contributed by atoms with Gasteiger partial charge in [0.15, 0.2) is 5.96 Å². The van der Waals surface area contributed by atoms with E-state index in [1.807, 2.05) is 0 Å². The zero-order valence-corrected chi connectivity index (χ0v) is 26.3. The highest BCUT2D eigenvalue weighted by Gasteiger charge is 2.38. The molecule has 16 nitrogen and oxygen atoms in total. The fourth-order valence-electron chi connectivity index (χ4n) is 4.97. The number of rotatable bonds is 18. The summed E-state index contributed by atoms with van der Waals surface area (Å²) >= 11 is 0. The van der Waals surface area contributed by atoms with Gasteiger partial charge in [-0.05, 0) is 43.6 Å². The number of amides is 5. The topological polar surface area (TPSA) is 278 Å². The summed E-state index contributed by atoms with van der Waals surface area (Å²) in [5.41, 5.74) is 22.8. The molecule has 254 valence electrons. The van der Waals surface area contributed by atoms with Crippen LogP contribution in [0.5, 0.6) is 0 Å². The number of hydrogen-bond acceptors (Lipinski definition) is 8. The highest BCUT2D eigenvalue weighted by Crippen LogP contribution is 2.20. The lowest BCUT2D eigenvalue weighted by atomic mass is 10.0. The van der Waals surface area contributed by atoms with Crippen LogP contribution in [-0.4, -0.2) is 94.8 Å². The van der Waals surface area contributed by atoms with Gasteiger partial charge in [-0.25, -0.2) is 4.79 Å². The van der Waals surface area contributed by atoms with Crippen molar-refractivity contribution >= 4 is 41.5 Å². The van der Waals surface area contributed by atoms with Crippen LogP contribution in [0, 0.1) is 5.92 Å². The van der Waals surface area contributed by atoms with Crippen molar-refractivity contribution in [3.8, 4) is 0 Å². The highest BCUT2D eigenvalue weighted by molar-refractivity contribution is 5.96. The van der Waals surface area contributed by atoms with Crippen molar-refractivity contribution in [2.75, 3.05) is 13.1 Å². The summed E-state index contributed by atoms with van der Waals surface area (Å²) in [5.74, 6) is -4.90. The van der Waals surface area contributed by atoms with Crippen molar-refractivity contribution in [3.63, 3.8) is 0 Å². The van der Waals surface area contributed by atoms with E-state index >= 15 is 0 Å². The number of likely N-dealkylation sites (tertiary alicyclic amines) is 1. The first-order valence-electron chi connectivity index (χ1n) is 15.3. The Morgan fingerprint density at radius 3 is 2.11 bits per heavy atom. The number of primary amides is 1. The highest BCUT2D eigenvalue weighted by atomic mass is 16.4. The van der Waals surface area contributed by atoms with Gasteiger partial charge in [-0.15, -0.1) is 0 Å². The Balaban J connectivity index is 2.24. The third-order valence-electron chi connectivity index (χ3n) is 7.63. The summed E-state index contributed by atoms with van der Waals surface area (Å²) in [6.07, 6.45) is 0.696. The maximum atomic E-state index is 13.5. The molecule has 5 amide bonds. The van der Waals surface area contributed by atoms with Gasteiger partial charge in [0.05, 0.1) is 6.04 Å². The van der Waals surface area contributed by atoms with Gasteiger partial charge in [0.2, 0.25) is 29.5 Å². The van der Waals surface area contributed by atoms with E-state index in [-0.39, 0.29) is 56.4 Å². The van der Waals surface area contributed by atoms with E-state index in [0.29, 0.717) is 24.9 Å². The average molecular weight is 646 g/mol. The average Bonchev–Trinajstić information content (AvgIpc) is 3.50. The number of hydrogen-bond donors (Lipinski definition) is 8. The molecule has 1 aliphatic heterocycles. The van der Waals surface area contributed by atoms with E-state index in [9.17, 15) is 33.9 Å². The minimum atomic E-state index is -1.31. The van der Waals surface area contributed by atoms with Gasteiger partial charge in [-0.1, -0.05) is 44.2 Å². The summed E-state index contributed by atoms with van der Waals surface area (Å²) in [6.45, 7) is 4.03. The van der Waals surface area contributed by atoms with Crippen LogP contribution < -0.4 is 38.9 Å². The van der Waals surface area contributed by atoms with E-state index < -0.39 is 59.8 Å². The minimum absolute atomic E-state index is 0.00898. The van der Waals surface area contributed by atoms with Gasteiger partial charge in [-0.3, -0.25) is 29.0 Å². The lowest BCUT2D eigenvalue weighted by Gasteiger charge is -2.29. The number of carbonyl (C=O) groups is 6. The van der Waals surface area contributed by atoms with E-state index in [4.69, 9.17) is 22.9 Å². The van der Waals surface area contributed by atoms with Crippen molar-refractivity contribution in [2.24, 2.45) is 33.8 Å². The standard InChI is InChI=1S/C30H47N9O7/c1-17(2)24(32)28(44)39-15-7-11-22(39)27(43)37-20(12-13-23(31)40)26(42)36-19(10-6-14-35-30(33)34)25(41)38-21(29(45)46)16-18-8-4-3-5-9-18/h3-5,8-9,17,19-22,24H,6-7,10-16,32H2,1-2H3,(H2,31,40)(H,36,42)(H,37,43)(H,38,41)(H,45,46)(H4,33,34,35)/t19-,20-,21-,22-,24-/m0/s1. The molecule has 0 spiro atoms. The molecule has 0 radical (unpaired) electrons. The molecule has 1 heterocycles. The summed E-state index contributed by atoms with van der Waals surface area (Å²) in [5, 5.41) is 17.5. The van der Waals surface area contributed by atoms with Crippen LogP contribution in [-0.2, 0) is 35.2 Å². The van der Waals surface area contributed by atoms with E-state index in [0.717, 1.165) is 0 Å². The molecule has 0 aliphatic carbocycles. The van der Waals surface area contributed by atoms with Crippen molar-refractivity contribution in [1.29, 1.82) is 0 Å². The van der Waals surface area contributed by atoms with Gasteiger partial charge in [0.1, 0.15) is 24.2 Å². The molecule has 1 fully saturated rings. The van der Waals surface area contributed by atoms with Gasteiger partial charge in [0.25, 0.3) is 0 Å². The second-order valence-electron chi connectivity index (χ2n) is 11.6. The normalized spacial score (nSPS) is 16.9. The number of nitrogens with two attached hydrogens (primary N) is 4. The Morgan fingerprint density at radius 2 is 1.54 bits per heavy atom. The summed E-state index contributed by atoms with van der Waals surface area (Å²) in [4.78, 5) is 82.1. The second-order valence-corrected chi connectivity index (χ2v) is 11.6. The lowest BCUT2D eigenvalue weighted by Crippen LogP contribution is -2.58. The first-order chi connectivity index (χ1) is 21.7. The molecule has 0 bridgehead atoms. The van der Waals surface area contributed by atoms with Crippen molar-refractivity contribution in [2.45, 2.75) is 89.0 Å². The molecule has 46 heavy (non-hydrogen) atoms. The first-order valence-corrected chi connectivity index (χ1v) is 15.3. The van der Waals surface area contributed by atoms with E-state index in [2.05, 4.69) is 20.9 Å². The second kappa shape index (κ2) is 18.3. The summed E-state index contributed by atoms with van der Waals surface area (Å²) in [7, 11) is 0. The molecule has 1 aromatic carbocycles. The largest absolute Gasteiger partial charge is 0.480 e. The smallest absolute Gasteiger partial charge is 0.326 e. The first kappa shape index (κ1) is 37.5. The van der Waals surface area contributed by atoms with Crippen LogP contribution >= 0.6 is 0 Å². The predicted octanol–water partition coefficient (Wildman–Crippen LogP) is -1.94. The molecule has 1 aromatic rings. The van der Waals surface area contributed by atoms with Gasteiger partial charge < -0.3 is 48.9 Å². The minimum Gasteiger partial charge on any atom is -0.480 e. The zero-order chi connectivity index (χ0) is 34.4. The monoisotopic (exact) mass is 645 g/mol. The van der Waals surface area contributed by atoms with Crippen molar-refractivity contribution in [1.82, 2.24) is 20.9 Å². The molecule has 2 rings (SSSR count). The number of nitrogens with one attached hydrogen (secondary N) is 3. The Bertz CT molecular complexity index is 1250. The van der Waals surface area contributed by atoms with E-state index in [1.165, 1.54) is 4.90 Å².